The van der Waals surface area contributed by atoms with E-state index in [-0.39, 0.29) is 23.8 Å². The number of amides is 3. The number of ether oxygens (including phenoxy) is 1. The Balaban J connectivity index is 1.74. The van der Waals surface area contributed by atoms with Crippen LogP contribution in [-0.4, -0.2) is 24.8 Å². The quantitative estimate of drug-likeness (QED) is 0.478. The van der Waals surface area contributed by atoms with E-state index in [4.69, 9.17) is 4.74 Å². The summed E-state index contributed by atoms with van der Waals surface area (Å²) in [5.41, 5.74) is 1.68. The van der Waals surface area contributed by atoms with Gasteiger partial charge in [-0.15, -0.1) is 0 Å². The molecule has 8 heteroatoms. The average Bonchev–Trinajstić information content (AvgIpc) is 2.79. The molecule has 0 bridgehead atoms. The van der Waals surface area contributed by atoms with Crippen molar-refractivity contribution in [2.45, 2.75) is 19.4 Å². The summed E-state index contributed by atoms with van der Waals surface area (Å²) in [5.74, 6) is -1.25. The van der Waals surface area contributed by atoms with E-state index in [2.05, 4.69) is 16.0 Å². The minimum atomic E-state index is -0.525. The first-order chi connectivity index (χ1) is 15.9. The van der Waals surface area contributed by atoms with Crippen LogP contribution in [0.5, 0.6) is 5.75 Å². The van der Waals surface area contributed by atoms with Crippen molar-refractivity contribution in [3.63, 3.8) is 0 Å². The summed E-state index contributed by atoms with van der Waals surface area (Å²) in [6, 6.07) is 18.8. The maximum atomic E-state index is 13.4. The Morgan fingerprint density at radius 3 is 2.36 bits per heavy atom. The molecule has 3 N–H and O–H groups in total. The van der Waals surface area contributed by atoms with Crippen molar-refractivity contribution in [1.82, 2.24) is 5.32 Å². The maximum Gasteiger partial charge on any atom is 0.255 e. The Kier molecular flexibility index (Phi) is 7.75. The van der Waals surface area contributed by atoms with Gasteiger partial charge in [-0.05, 0) is 42.0 Å². The molecule has 3 rings (SSSR count). The first-order valence-corrected chi connectivity index (χ1v) is 10.2. The van der Waals surface area contributed by atoms with E-state index in [0.29, 0.717) is 17.1 Å². The van der Waals surface area contributed by atoms with Crippen LogP contribution in [0.15, 0.2) is 72.8 Å². The van der Waals surface area contributed by atoms with Crippen LogP contribution in [0.4, 0.5) is 15.8 Å². The van der Waals surface area contributed by atoms with E-state index in [1.54, 1.807) is 18.2 Å². The molecule has 0 heterocycles. The normalized spacial score (nSPS) is 11.2. The Morgan fingerprint density at radius 1 is 0.939 bits per heavy atom. The summed E-state index contributed by atoms with van der Waals surface area (Å²) in [7, 11) is 1.45. The van der Waals surface area contributed by atoms with E-state index >= 15 is 0 Å². The largest absolute Gasteiger partial charge is 0.495 e. The fourth-order valence-electron chi connectivity index (χ4n) is 3.29. The molecule has 3 amide bonds. The highest BCUT2D eigenvalue weighted by molar-refractivity contribution is 6.05. The van der Waals surface area contributed by atoms with Gasteiger partial charge in [0, 0.05) is 18.2 Å². The number of carbonyl (C=O) groups is 3. The molecule has 0 spiro atoms. The fourth-order valence-corrected chi connectivity index (χ4v) is 3.29. The van der Waals surface area contributed by atoms with Crippen LogP contribution in [0.1, 0.15) is 35.3 Å². The summed E-state index contributed by atoms with van der Waals surface area (Å²) < 4.78 is 18.7. The zero-order valence-corrected chi connectivity index (χ0v) is 18.2. The molecule has 3 aromatic carbocycles. The number of carbonyl (C=O) groups excluding carboxylic acids is 3. The maximum absolute atomic E-state index is 13.4. The van der Waals surface area contributed by atoms with E-state index in [1.165, 1.54) is 32.2 Å². The first-order valence-electron chi connectivity index (χ1n) is 10.2. The third kappa shape index (κ3) is 6.64. The van der Waals surface area contributed by atoms with Crippen LogP contribution in [0.25, 0.3) is 0 Å². The molecule has 0 saturated carbocycles. The summed E-state index contributed by atoms with van der Waals surface area (Å²) in [5, 5.41) is 8.23. The first kappa shape index (κ1) is 23.5. The van der Waals surface area contributed by atoms with Gasteiger partial charge in [0.05, 0.1) is 25.3 Å². The lowest BCUT2D eigenvalue weighted by Crippen LogP contribution is -2.29. The Hall–Kier alpha value is -4.20. The molecule has 0 fully saturated rings. The monoisotopic (exact) mass is 449 g/mol. The molecular weight excluding hydrogens is 425 g/mol. The Bertz CT molecular complexity index is 1150. The smallest absolute Gasteiger partial charge is 0.255 e. The van der Waals surface area contributed by atoms with Gasteiger partial charge in [0.1, 0.15) is 11.6 Å². The molecule has 7 nitrogen and oxygen atoms in total. The molecule has 0 radical (unpaired) electrons. The van der Waals surface area contributed by atoms with Crippen molar-refractivity contribution in [3.05, 3.63) is 89.7 Å². The van der Waals surface area contributed by atoms with Gasteiger partial charge in [-0.1, -0.05) is 36.4 Å². The molecular formula is C25H24FN3O4. The van der Waals surface area contributed by atoms with Crippen LogP contribution in [-0.2, 0) is 9.59 Å². The topological polar surface area (TPSA) is 96.5 Å². The molecule has 0 aliphatic rings. The van der Waals surface area contributed by atoms with E-state index < -0.39 is 17.8 Å². The van der Waals surface area contributed by atoms with Crippen LogP contribution in [0.3, 0.4) is 0 Å². The van der Waals surface area contributed by atoms with Crippen molar-refractivity contribution < 1.29 is 23.5 Å². The van der Waals surface area contributed by atoms with Gasteiger partial charge in [-0.3, -0.25) is 14.4 Å². The number of methoxy groups -OCH3 is 1. The van der Waals surface area contributed by atoms with E-state index in [0.717, 1.165) is 11.6 Å². The average molecular weight is 449 g/mol. The zero-order chi connectivity index (χ0) is 23.8. The van der Waals surface area contributed by atoms with Crippen molar-refractivity contribution in [2.75, 3.05) is 17.7 Å². The molecule has 33 heavy (non-hydrogen) atoms. The van der Waals surface area contributed by atoms with Gasteiger partial charge in [-0.25, -0.2) is 4.39 Å². The van der Waals surface area contributed by atoms with Crippen LogP contribution in [0, 0.1) is 5.82 Å². The molecule has 0 aromatic heterocycles. The number of anilines is 2. The highest BCUT2D eigenvalue weighted by atomic mass is 19.1. The second kappa shape index (κ2) is 10.9. The summed E-state index contributed by atoms with van der Waals surface area (Å²) in [4.78, 5) is 36.8. The minimum Gasteiger partial charge on any atom is -0.495 e. The second-order valence-corrected chi connectivity index (χ2v) is 7.30. The minimum absolute atomic E-state index is 0.0145. The number of benzene rings is 3. The van der Waals surface area contributed by atoms with Gasteiger partial charge in [-0.2, -0.15) is 0 Å². The molecule has 0 aliphatic carbocycles. The predicted octanol–water partition coefficient (Wildman–Crippen LogP) is 4.29. The Morgan fingerprint density at radius 2 is 1.70 bits per heavy atom. The predicted molar refractivity (Wildman–Crippen MR) is 124 cm³/mol. The highest BCUT2D eigenvalue weighted by Crippen LogP contribution is 2.29. The summed E-state index contributed by atoms with van der Waals surface area (Å²) >= 11 is 0. The van der Waals surface area contributed by atoms with Crippen LogP contribution in [0.2, 0.25) is 0 Å². The molecule has 0 aliphatic heterocycles. The van der Waals surface area contributed by atoms with E-state index in [9.17, 15) is 18.8 Å². The lowest BCUT2D eigenvalue weighted by Gasteiger charge is -2.18. The molecule has 0 saturated heterocycles. The summed E-state index contributed by atoms with van der Waals surface area (Å²) in [6.07, 6.45) is 0.0145. The number of rotatable bonds is 8. The highest BCUT2D eigenvalue weighted by Gasteiger charge is 2.18. The lowest BCUT2D eigenvalue weighted by molar-refractivity contribution is -0.120. The molecule has 1 atom stereocenters. The molecule has 170 valence electrons. The number of hydrogen-bond donors (Lipinski definition) is 3. The van der Waals surface area contributed by atoms with E-state index in [1.807, 2.05) is 30.3 Å². The number of halogens is 1. The van der Waals surface area contributed by atoms with Crippen molar-refractivity contribution in [3.8, 4) is 5.75 Å². The third-order valence-electron chi connectivity index (χ3n) is 4.79. The standard InChI is InChI=1S/C25H24FN3O4/c1-16(30)27-21(17-7-4-3-5-8-17)15-24(31)28-20-11-12-23(33-2)22(14-20)29-25(32)18-9-6-10-19(26)13-18/h3-14,21H,15H2,1-2H3,(H,27,30)(H,28,31)(H,29,32). The van der Waals surface area contributed by atoms with Crippen LogP contribution < -0.4 is 20.7 Å². The lowest BCUT2D eigenvalue weighted by atomic mass is 10.0. The van der Waals surface area contributed by atoms with Gasteiger partial charge in [0.25, 0.3) is 5.91 Å². The Labute approximate surface area is 191 Å². The van der Waals surface area contributed by atoms with Gasteiger partial charge >= 0.3 is 0 Å². The third-order valence-corrected chi connectivity index (χ3v) is 4.79. The number of nitrogens with one attached hydrogen (secondary N) is 3. The van der Waals surface area contributed by atoms with Crippen LogP contribution >= 0.6 is 0 Å². The van der Waals surface area contributed by atoms with Crippen molar-refractivity contribution in [1.29, 1.82) is 0 Å². The number of hydrogen-bond acceptors (Lipinski definition) is 4. The zero-order valence-electron chi connectivity index (χ0n) is 18.2. The molecule has 3 aromatic rings. The van der Waals surface area contributed by atoms with Crippen molar-refractivity contribution >= 4 is 29.1 Å². The van der Waals surface area contributed by atoms with Gasteiger partial charge in [0.2, 0.25) is 11.8 Å². The second-order valence-electron chi connectivity index (χ2n) is 7.30. The SMILES string of the molecule is COc1ccc(NC(=O)CC(NC(C)=O)c2ccccc2)cc1NC(=O)c1cccc(F)c1. The fraction of sp³-hybridized carbons (Fsp3) is 0.160. The van der Waals surface area contributed by atoms with Gasteiger partial charge in [0.15, 0.2) is 0 Å². The summed E-state index contributed by atoms with van der Waals surface area (Å²) in [6.45, 7) is 1.39. The molecule has 1 unspecified atom stereocenters. The van der Waals surface area contributed by atoms with Crippen molar-refractivity contribution in [2.24, 2.45) is 0 Å². The van der Waals surface area contributed by atoms with Gasteiger partial charge < -0.3 is 20.7 Å².